The normalized spacial score (nSPS) is 10.9. The van der Waals surface area contributed by atoms with E-state index in [4.69, 9.17) is 0 Å². The van der Waals surface area contributed by atoms with Crippen molar-refractivity contribution in [3.05, 3.63) is 32.5 Å². The maximum atomic E-state index is 13.4. The summed E-state index contributed by atoms with van der Waals surface area (Å²) in [6, 6.07) is 3.78. The molecule has 0 atom stereocenters. The van der Waals surface area contributed by atoms with Crippen LogP contribution in [0.3, 0.4) is 0 Å². The minimum Gasteiger partial charge on any atom is -0.205 e. The minimum atomic E-state index is -0.209. The van der Waals surface area contributed by atoms with Gasteiger partial charge in [0.25, 0.3) is 0 Å². The predicted octanol–water partition coefficient (Wildman–Crippen LogP) is 7.03. The van der Waals surface area contributed by atoms with Gasteiger partial charge in [0, 0.05) is 0 Å². The summed E-state index contributed by atoms with van der Waals surface area (Å²) in [7, 11) is 0. The van der Waals surface area contributed by atoms with E-state index in [1.165, 1.54) is 56.9 Å². The molecule has 0 aliphatic carbocycles. The van der Waals surface area contributed by atoms with Gasteiger partial charge < -0.3 is 0 Å². The van der Waals surface area contributed by atoms with Crippen LogP contribution in [0.5, 0.6) is 0 Å². The Kier molecular flexibility index (Phi) is 8.97. The van der Waals surface area contributed by atoms with E-state index in [1.807, 2.05) is 12.1 Å². The first-order valence-corrected chi connectivity index (χ1v) is 8.87. The van der Waals surface area contributed by atoms with Crippen LogP contribution in [-0.4, -0.2) is 0 Å². The van der Waals surface area contributed by atoms with Crippen LogP contribution in [-0.2, 0) is 6.42 Å². The molecule has 0 nitrogen and oxygen atoms in total. The van der Waals surface area contributed by atoms with Crippen molar-refractivity contribution >= 4 is 31.9 Å². The number of hydrogen-bond acceptors (Lipinski definition) is 0. The summed E-state index contributed by atoms with van der Waals surface area (Å²) in [5.74, 6) is -0.209. The average molecular weight is 394 g/mol. The topological polar surface area (TPSA) is 0 Å². The second-order valence-electron chi connectivity index (χ2n) is 5.10. The highest BCUT2D eigenvalue weighted by Gasteiger charge is 2.06. The molecule has 0 aromatic heterocycles. The van der Waals surface area contributed by atoms with Gasteiger partial charge in [0.2, 0.25) is 0 Å². The minimum absolute atomic E-state index is 0.209. The van der Waals surface area contributed by atoms with Gasteiger partial charge in [-0.15, -0.1) is 0 Å². The third-order valence-corrected chi connectivity index (χ3v) is 4.52. The lowest BCUT2D eigenvalue weighted by Gasteiger charge is -2.05. The third-order valence-electron chi connectivity index (χ3n) is 3.36. The van der Waals surface area contributed by atoms with Crippen LogP contribution in [0, 0.1) is 5.82 Å². The van der Waals surface area contributed by atoms with Gasteiger partial charge in [-0.05, 0) is 62.4 Å². The quantitative estimate of drug-likeness (QED) is 0.312. The standard InChI is InChI=1S/C16H23Br2F/c1-2-3-4-5-6-7-8-9-10-13-11-14(17)16(19)15(18)12-13/h11-12H,2-10H2,1H3. The molecular weight excluding hydrogens is 371 g/mol. The Bertz CT molecular complexity index is 354. The Morgan fingerprint density at radius 3 is 1.84 bits per heavy atom. The first-order chi connectivity index (χ1) is 9.15. The van der Waals surface area contributed by atoms with Crippen molar-refractivity contribution in [2.45, 2.75) is 64.7 Å². The summed E-state index contributed by atoms with van der Waals surface area (Å²) in [4.78, 5) is 0. The van der Waals surface area contributed by atoms with Crippen LogP contribution >= 0.6 is 31.9 Å². The largest absolute Gasteiger partial charge is 0.205 e. The summed E-state index contributed by atoms with van der Waals surface area (Å²) in [6.07, 6.45) is 11.6. The van der Waals surface area contributed by atoms with E-state index in [0.717, 1.165) is 6.42 Å². The van der Waals surface area contributed by atoms with Crippen LogP contribution in [0.25, 0.3) is 0 Å². The van der Waals surface area contributed by atoms with E-state index in [1.54, 1.807) is 0 Å². The van der Waals surface area contributed by atoms with E-state index in [2.05, 4.69) is 38.8 Å². The Morgan fingerprint density at radius 2 is 1.32 bits per heavy atom. The maximum Gasteiger partial charge on any atom is 0.151 e. The number of unbranched alkanes of at least 4 members (excludes halogenated alkanes) is 7. The molecule has 0 saturated carbocycles. The van der Waals surface area contributed by atoms with Gasteiger partial charge >= 0.3 is 0 Å². The van der Waals surface area contributed by atoms with Crippen LogP contribution in [0.4, 0.5) is 4.39 Å². The zero-order chi connectivity index (χ0) is 14.1. The van der Waals surface area contributed by atoms with Crippen molar-refractivity contribution in [3.8, 4) is 0 Å². The predicted molar refractivity (Wildman–Crippen MR) is 88.1 cm³/mol. The molecule has 0 fully saturated rings. The molecule has 0 saturated heterocycles. The first-order valence-electron chi connectivity index (χ1n) is 7.28. The average Bonchev–Trinajstić information content (AvgIpc) is 2.39. The van der Waals surface area contributed by atoms with Crippen molar-refractivity contribution in [2.24, 2.45) is 0 Å². The number of rotatable bonds is 9. The second-order valence-corrected chi connectivity index (χ2v) is 6.81. The molecule has 0 spiro atoms. The number of benzene rings is 1. The van der Waals surface area contributed by atoms with Crippen molar-refractivity contribution in [2.75, 3.05) is 0 Å². The molecule has 0 N–H and O–H groups in total. The molecule has 0 amide bonds. The van der Waals surface area contributed by atoms with Crippen LogP contribution in [0.2, 0.25) is 0 Å². The van der Waals surface area contributed by atoms with E-state index in [-0.39, 0.29) is 5.82 Å². The molecule has 0 heterocycles. The van der Waals surface area contributed by atoms with Gasteiger partial charge in [-0.2, -0.15) is 0 Å². The number of hydrogen-bond donors (Lipinski definition) is 0. The summed E-state index contributed by atoms with van der Waals surface area (Å²) in [5.41, 5.74) is 1.20. The molecule has 0 bridgehead atoms. The fourth-order valence-electron chi connectivity index (χ4n) is 2.22. The first kappa shape index (κ1) is 17.2. The smallest absolute Gasteiger partial charge is 0.151 e. The van der Waals surface area contributed by atoms with Crippen LogP contribution in [0.15, 0.2) is 21.1 Å². The Hall–Kier alpha value is 0.110. The SMILES string of the molecule is CCCCCCCCCCc1cc(Br)c(F)c(Br)c1. The fourth-order valence-corrected chi connectivity index (χ4v) is 3.50. The highest BCUT2D eigenvalue weighted by Crippen LogP contribution is 2.26. The summed E-state index contributed by atoms with van der Waals surface area (Å²) >= 11 is 6.50. The number of aryl methyl sites for hydroxylation is 1. The van der Waals surface area contributed by atoms with Crippen molar-refractivity contribution in [1.82, 2.24) is 0 Å². The molecule has 1 aromatic carbocycles. The lowest BCUT2D eigenvalue weighted by molar-refractivity contribution is 0.574. The molecule has 1 aromatic rings. The Labute approximate surface area is 133 Å². The molecule has 0 aliphatic heterocycles. The molecular formula is C16H23Br2F. The van der Waals surface area contributed by atoms with Gasteiger partial charge in [0.15, 0.2) is 5.82 Å². The van der Waals surface area contributed by atoms with Crippen molar-refractivity contribution in [1.29, 1.82) is 0 Å². The van der Waals surface area contributed by atoms with E-state index < -0.39 is 0 Å². The van der Waals surface area contributed by atoms with Crippen LogP contribution in [0.1, 0.15) is 63.9 Å². The highest BCUT2D eigenvalue weighted by atomic mass is 79.9. The van der Waals surface area contributed by atoms with Gasteiger partial charge in [-0.3, -0.25) is 0 Å². The van der Waals surface area contributed by atoms with Crippen molar-refractivity contribution in [3.63, 3.8) is 0 Å². The van der Waals surface area contributed by atoms with Crippen molar-refractivity contribution < 1.29 is 4.39 Å². The third kappa shape index (κ3) is 6.89. The number of halogens is 3. The summed E-state index contributed by atoms with van der Waals surface area (Å²) in [5, 5.41) is 0. The molecule has 0 aliphatic rings. The second kappa shape index (κ2) is 9.93. The Balaban J connectivity index is 2.16. The summed E-state index contributed by atoms with van der Waals surface area (Å²) in [6.45, 7) is 2.25. The van der Waals surface area contributed by atoms with E-state index in [0.29, 0.717) is 8.95 Å². The highest BCUT2D eigenvalue weighted by molar-refractivity contribution is 9.11. The Morgan fingerprint density at radius 1 is 0.842 bits per heavy atom. The van der Waals surface area contributed by atoms with Crippen LogP contribution < -0.4 is 0 Å². The van der Waals surface area contributed by atoms with Gasteiger partial charge in [0.05, 0.1) is 8.95 Å². The zero-order valence-electron chi connectivity index (χ0n) is 11.7. The van der Waals surface area contributed by atoms with Gasteiger partial charge in [0.1, 0.15) is 0 Å². The van der Waals surface area contributed by atoms with Gasteiger partial charge in [-0.25, -0.2) is 4.39 Å². The fraction of sp³-hybridized carbons (Fsp3) is 0.625. The maximum absolute atomic E-state index is 13.4. The molecule has 0 unspecified atom stereocenters. The molecule has 108 valence electrons. The zero-order valence-corrected chi connectivity index (χ0v) is 14.8. The monoisotopic (exact) mass is 392 g/mol. The van der Waals surface area contributed by atoms with E-state index >= 15 is 0 Å². The summed E-state index contributed by atoms with van der Waals surface area (Å²) < 4.78 is 14.5. The molecule has 3 heteroatoms. The lowest BCUT2D eigenvalue weighted by atomic mass is 10.0. The van der Waals surface area contributed by atoms with Gasteiger partial charge in [-0.1, -0.05) is 51.9 Å². The lowest BCUT2D eigenvalue weighted by Crippen LogP contribution is -1.90. The molecule has 1 rings (SSSR count). The molecule has 19 heavy (non-hydrogen) atoms. The molecule has 0 radical (unpaired) electrons. The van der Waals surface area contributed by atoms with E-state index in [9.17, 15) is 4.39 Å².